The normalized spacial score (nSPS) is 16.5. The van der Waals surface area contributed by atoms with Crippen LogP contribution in [0, 0.1) is 0 Å². The Balaban J connectivity index is 1.77. The average molecular weight is 303 g/mol. The van der Waals surface area contributed by atoms with Crippen LogP contribution in [-0.2, 0) is 0 Å². The first kappa shape index (κ1) is 14.4. The summed E-state index contributed by atoms with van der Waals surface area (Å²) in [5.74, 6) is 0.0878. The fourth-order valence-electron chi connectivity index (χ4n) is 2.86. The zero-order valence-corrected chi connectivity index (χ0v) is 13.2. The molecule has 1 aromatic heterocycles. The van der Waals surface area contributed by atoms with Gasteiger partial charge in [-0.05, 0) is 19.0 Å². The minimum atomic E-state index is 0.0878. The van der Waals surface area contributed by atoms with Crippen molar-refractivity contribution in [1.82, 2.24) is 9.80 Å². The van der Waals surface area contributed by atoms with Gasteiger partial charge in [0.1, 0.15) is 4.88 Å². The number of nitrogen functional groups attached to an aromatic ring is 1. The summed E-state index contributed by atoms with van der Waals surface area (Å²) in [7, 11) is 0. The maximum absolute atomic E-state index is 12.7. The van der Waals surface area contributed by atoms with Crippen LogP contribution in [0.1, 0.15) is 23.0 Å². The predicted octanol–water partition coefficient (Wildman–Crippen LogP) is 2.65. The van der Waals surface area contributed by atoms with Gasteiger partial charge in [-0.2, -0.15) is 0 Å². The lowest BCUT2D eigenvalue weighted by atomic mass is 10.2. The number of piperazine rings is 1. The first-order chi connectivity index (χ1) is 10.2. The van der Waals surface area contributed by atoms with E-state index in [1.807, 2.05) is 29.2 Å². The molecule has 2 aromatic rings. The van der Waals surface area contributed by atoms with Crippen molar-refractivity contribution < 1.29 is 4.79 Å². The van der Waals surface area contributed by atoms with E-state index in [1.165, 1.54) is 11.3 Å². The van der Waals surface area contributed by atoms with Crippen molar-refractivity contribution in [3.63, 3.8) is 0 Å². The number of hydrogen-bond donors (Lipinski definition) is 1. The highest BCUT2D eigenvalue weighted by atomic mass is 32.1. The highest BCUT2D eigenvalue weighted by molar-refractivity contribution is 7.21. The Hall–Kier alpha value is -1.59. The molecule has 1 aliphatic heterocycles. The van der Waals surface area contributed by atoms with E-state index in [0.29, 0.717) is 10.6 Å². The summed E-state index contributed by atoms with van der Waals surface area (Å²) in [6, 6.07) is 7.95. The zero-order valence-electron chi connectivity index (χ0n) is 12.3. The molecule has 112 valence electrons. The minimum absolute atomic E-state index is 0.0878. The third-order valence-electron chi connectivity index (χ3n) is 4.03. The molecule has 1 saturated heterocycles. The molecular weight excluding hydrogens is 282 g/mol. The second kappa shape index (κ2) is 6.03. The number of anilines is 1. The molecule has 1 aromatic carbocycles. The predicted molar refractivity (Wildman–Crippen MR) is 88.9 cm³/mol. The quantitative estimate of drug-likeness (QED) is 0.948. The van der Waals surface area contributed by atoms with Crippen LogP contribution in [-0.4, -0.2) is 48.4 Å². The number of nitrogens with zero attached hydrogens (tertiary/aromatic N) is 2. The van der Waals surface area contributed by atoms with Crippen LogP contribution in [0.5, 0.6) is 0 Å². The molecule has 0 radical (unpaired) electrons. The number of carbonyl (C=O) groups excluding carboxylic acids is 1. The summed E-state index contributed by atoms with van der Waals surface area (Å²) in [6.45, 7) is 6.83. The Labute approximate surface area is 129 Å². The average Bonchev–Trinajstić information content (AvgIpc) is 2.85. The molecule has 0 atom stereocenters. The number of amides is 1. The molecule has 0 saturated carbocycles. The minimum Gasteiger partial charge on any atom is -0.397 e. The van der Waals surface area contributed by atoms with Gasteiger partial charge in [0.2, 0.25) is 0 Å². The van der Waals surface area contributed by atoms with Crippen LogP contribution < -0.4 is 5.73 Å². The van der Waals surface area contributed by atoms with Gasteiger partial charge >= 0.3 is 0 Å². The molecule has 2 heterocycles. The van der Waals surface area contributed by atoms with Crippen LogP contribution in [0.25, 0.3) is 10.1 Å². The fourth-order valence-corrected chi connectivity index (χ4v) is 3.95. The van der Waals surface area contributed by atoms with Gasteiger partial charge in [-0.3, -0.25) is 9.69 Å². The van der Waals surface area contributed by atoms with E-state index in [1.54, 1.807) is 0 Å². The number of benzene rings is 1. The lowest BCUT2D eigenvalue weighted by molar-refractivity contribution is 0.0643. The van der Waals surface area contributed by atoms with Crippen molar-refractivity contribution in [3.8, 4) is 0 Å². The van der Waals surface area contributed by atoms with Crippen molar-refractivity contribution in [2.45, 2.75) is 13.3 Å². The number of fused-ring (bicyclic) bond motifs is 1. The molecule has 0 unspecified atom stereocenters. The largest absolute Gasteiger partial charge is 0.397 e. The van der Waals surface area contributed by atoms with E-state index in [-0.39, 0.29) is 5.91 Å². The van der Waals surface area contributed by atoms with Gasteiger partial charge in [0.05, 0.1) is 5.69 Å². The van der Waals surface area contributed by atoms with E-state index in [2.05, 4.69) is 11.8 Å². The van der Waals surface area contributed by atoms with Crippen molar-refractivity contribution >= 4 is 33.0 Å². The van der Waals surface area contributed by atoms with Crippen LogP contribution in [0.15, 0.2) is 24.3 Å². The first-order valence-electron chi connectivity index (χ1n) is 7.49. The maximum atomic E-state index is 12.7. The molecule has 1 aliphatic rings. The molecule has 0 spiro atoms. The van der Waals surface area contributed by atoms with Gasteiger partial charge < -0.3 is 10.6 Å². The van der Waals surface area contributed by atoms with Crippen molar-refractivity contribution in [2.75, 3.05) is 38.5 Å². The number of thiophene rings is 1. The molecule has 1 amide bonds. The Bertz CT molecular complexity index is 644. The summed E-state index contributed by atoms with van der Waals surface area (Å²) < 4.78 is 1.09. The standard InChI is InChI=1S/C16H21N3OS/c1-2-7-18-8-10-19(11-9-18)16(20)15-14(17)12-5-3-4-6-13(12)21-15/h3-6H,2,7-11,17H2,1H3. The van der Waals surface area contributed by atoms with E-state index >= 15 is 0 Å². The van der Waals surface area contributed by atoms with E-state index in [9.17, 15) is 4.79 Å². The Morgan fingerprint density at radius 2 is 1.95 bits per heavy atom. The van der Waals surface area contributed by atoms with Crippen LogP contribution >= 0.6 is 11.3 Å². The molecular formula is C16H21N3OS. The zero-order chi connectivity index (χ0) is 14.8. The van der Waals surface area contributed by atoms with Crippen LogP contribution in [0.3, 0.4) is 0 Å². The second-order valence-corrected chi connectivity index (χ2v) is 6.53. The summed E-state index contributed by atoms with van der Waals surface area (Å²) in [5.41, 5.74) is 6.81. The van der Waals surface area contributed by atoms with Gasteiger partial charge in [0.25, 0.3) is 5.91 Å². The van der Waals surface area contributed by atoms with Crippen LogP contribution in [0.4, 0.5) is 5.69 Å². The number of carbonyl (C=O) groups is 1. The summed E-state index contributed by atoms with van der Waals surface area (Å²) in [6.07, 6.45) is 1.16. The monoisotopic (exact) mass is 303 g/mol. The summed E-state index contributed by atoms with van der Waals surface area (Å²) in [5, 5.41) is 0.996. The van der Waals surface area contributed by atoms with Crippen LogP contribution in [0.2, 0.25) is 0 Å². The Morgan fingerprint density at radius 1 is 1.24 bits per heavy atom. The fraction of sp³-hybridized carbons (Fsp3) is 0.438. The summed E-state index contributed by atoms with van der Waals surface area (Å²) in [4.78, 5) is 17.7. The molecule has 4 nitrogen and oxygen atoms in total. The molecule has 2 N–H and O–H groups in total. The number of nitrogens with two attached hydrogens (primary N) is 1. The molecule has 5 heteroatoms. The first-order valence-corrected chi connectivity index (χ1v) is 8.31. The van der Waals surface area contributed by atoms with Crippen molar-refractivity contribution in [1.29, 1.82) is 0 Å². The Kier molecular flexibility index (Phi) is 4.12. The van der Waals surface area contributed by atoms with E-state index < -0.39 is 0 Å². The molecule has 3 rings (SSSR count). The second-order valence-electron chi connectivity index (χ2n) is 5.47. The van der Waals surface area contributed by atoms with E-state index in [4.69, 9.17) is 5.73 Å². The molecule has 0 aliphatic carbocycles. The SMILES string of the molecule is CCCN1CCN(C(=O)c2sc3ccccc3c2N)CC1. The lowest BCUT2D eigenvalue weighted by Crippen LogP contribution is -2.48. The topological polar surface area (TPSA) is 49.6 Å². The lowest BCUT2D eigenvalue weighted by Gasteiger charge is -2.34. The van der Waals surface area contributed by atoms with Gasteiger partial charge in [0.15, 0.2) is 0 Å². The van der Waals surface area contributed by atoms with Gasteiger partial charge in [0, 0.05) is 36.3 Å². The number of hydrogen-bond acceptors (Lipinski definition) is 4. The van der Waals surface area contributed by atoms with Crippen molar-refractivity contribution in [3.05, 3.63) is 29.1 Å². The highest BCUT2D eigenvalue weighted by Crippen LogP contribution is 2.34. The third-order valence-corrected chi connectivity index (χ3v) is 5.20. The summed E-state index contributed by atoms with van der Waals surface area (Å²) >= 11 is 1.51. The molecule has 21 heavy (non-hydrogen) atoms. The smallest absolute Gasteiger partial charge is 0.266 e. The van der Waals surface area contributed by atoms with E-state index in [0.717, 1.165) is 49.2 Å². The maximum Gasteiger partial charge on any atom is 0.266 e. The molecule has 0 bridgehead atoms. The van der Waals surface area contributed by atoms with Gasteiger partial charge in [-0.15, -0.1) is 11.3 Å². The highest BCUT2D eigenvalue weighted by Gasteiger charge is 2.25. The van der Waals surface area contributed by atoms with Gasteiger partial charge in [-0.1, -0.05) is 25.1 Å². The number of rotatable bonds is 3. The van der Waals surface area contributed by atoms with Crippen molar-refractivity contribution in [2.24, 2.45) is 0 Å². The van der Waals surface area contributed by atoms with Gasteiger partial charge in [-0.25, -0.2) is 0 Å². The third kappa shape index (κ3) is 2.76. The molecule has 1 fully saturated rings. The Morgan fingerprint density at radius 3 is 2.62 bits per heavy atom.